The van der Waals surface area contributed by atoms with Crippen molar-refractivity contribution in [2.75, 3.05) is 26.2 Å². The summed E-state index contributed by atoms with van der Waals surface area (Å²) >= 11 is 0. The van der Waals surface area contributed by atoms with Gasteiger partial charge in [-0.3, -0.25) is 19.7 Å². The molecule has 0 bridgehead atoms. The highest BCUT2D eigenvalue weighted by atomic mass is 19.4. The van der Waals surface area contributed by atoms with Gasteiger partial charge in [-0.25, -0.2) is 4.79 Å². The normalized spacial score (nSPS) is 14.6. The largest absolute Gasteiger partial charge is 0.455 e. The molecule has 0 atom stereocenters. The average molecular weight is 457 g/mol. The van der Waals surface area contributed by atoms with E-state index in [1.54, 1.807) is 0 Å². The first-order valence-electron chi connectivity index (χ1n) is 10.3. The van der Waals surface area contributed by atoms with Crippen LogP contribution in [0.2, 0.25) is 0 Å². The number of halogens is 3. The van der Waals surface area contributed by atoms with Gasteiger partial charge >= 0.3 is 18.2 Å². The maximum absolute atomic E-state index is 12.6. The average Bonchev–Trinajstić information content (AvgIpc) is 2.76. The second kappa shape index (κ2) is 11.5. The Morgan fingerprint density at radius 2 is 1.72 bits per heavy atom. The molecule has 11 heteroatoms. The summed E-state index contributed by atoms with van der Waals surface area (Å²) in [6.07, 6.45) is -2.22. The van der Waals surface area contributed by atoms with E-state index < -0.39 is 48.1 Å². The van der Waals surface area contributed by atoms with Gasteiger partial charge in [0.15, 0.2) is 6.61 Å². The highest BCUT2D eigenvalue weighted by molar-refractivity contribution is 5.96. The van der Waals surface area contributed by atoms with Crippen LogP contribution < -0.4 is 10.6 Å². The number of rotatable bonds is 7. The molecule has 0 spiro atoms. The van der Waals surface area contributed by atoms with E-state index in [0.29, 0.717) is 19.4 Å². The predicted molar refractivity (Wildman–Crippen MR) is 107 cm³/mol. The fraction of sp³-hybridized carbons (Fsp3) is 0.524. The number of likely N-dealkylation sites (tertiary alicyclic amines) is 1. The van der Waals surface area contributed by atoms with Gasteiger partial charge in [0.25, 0.3) is 11.8 Å². The molecule has 1 aromatic rings. The Hall–Kier alpha value is -3.11. The molecule has 32 heavy (non-hydrogen) atoms. The van der Waals surface area contributed by atoms with Crippen molar-refractivity contribution in [3.63, 3.8) is 0 Å². The smallest absolute Gasteiger partial charge is 0.416 e. The number of benzene rings is 1. The number of alkyl halides is 3. The lowest BCUT2D eigenvalue weighted by molar-refractivity contribution is -0.153. The minimum atomic E-state index is -4.48. The Morgan fingerprint density at radius 1 is 1.09 bits per heavy atom. The van der Waals surface area contributed by atoms with E-state index in [0.717, 1.165) is 37.1 Å². The number of hydrogen-bond donors (Lipinski definition) is 2. The summed E-state index contributed by atoms with van der Waals surface area (Å²) in [6.45, 7) is 2.25. The van der Waals surface area contributed by atoms with Gasteiger partial charge in [0, 0.05) is 25.2 Å². The summed E-state index contributed by atoms with van der Waals surface area (Å²) in [5.74, 6) is -2.28. The fourth-order valence-corrected chi connectivity index (χ4v) is 3.14. The topological polar surface area (TPSA) is 105 Å². The molecule has 1 fully saturated rings. The van der Waals surface area contributed by atoms with Crippen LogP contribution in [-0.4, -0.2) is 55.0 Å². The molecule has 176 valence electrons. The SMILES string of the molecule is CCCCNC(=O)NC(=O)COC(=O)C1CCN(C(=O)c2ccc(C(F)(F)F)cc2)CC1. The molecule has 0 saturated carbocycles. The second-order valence-corrected chi connectivity index (χ2v) is 7.41. The zero-order chi connectivity index (χ0) is 23.7. The lowest BCUT2D eigenvalue weighted by Crippen LogP contribution is -2.43. The van der Waals surface area contributed by atoms with Gasteiger partial charge < -0.3 is 15.0 Å². The molecule has 0 aliphatic carbocycles. The Morgan fingerprint density at radius 3 is 2.28 bits per heavy atom. The summed E-state index contributed by atoms with van der Waals surface area (Å²) in [4.78, 5) is 49.3. The molecule has 1 aliphatic rings. The number of esters is 1. The first-order valence-corrected chi connectivity index (χ1v) is 10.3. The first-order chi connectivity index (χ1) is 15.1. The third-order valence-corrected chi connectivity index (χ3v) is 4.99. The number of imide groups is 1. The van der Waals surface area contributed by atoms with Crippen LogP contribution in [0.15, 0.2) is 24.3 Å². The summed E-state index contributed by atoms with van der Waals surface area (Å²) < 4.78 is 42.9. The van der Waals surface area contributed by atoms with Crippen LogP contribution in [0.25, 0.3) is 0 Å². The third kappa shape index (κ3) is 7.54. The maximum Gasteiger partial charge on any atom is 0.416 e. The number of amides is 4. The number of urea groups is 1. The van der Waals surface area contributed by atoms with Crippen molar-refractivity contribution >= 4 is 23.8 Å². The van der Waals surface area contributed by atoms with E-state index in [4.69, 9.17) is 4.74 Å². The van der Waals surface area contributed by atoms with E-state index in [-0.39, 0.29) is 18.7 Å². The summed E-state index contributed by atoms with van der Waals surface area (Å²) in [5.41, 5.74) is -0.703. The molecule has 0 radical (unpaired) electrons. The van der Waals surface area contributed by atoms with Gasteiger partial charge in [-0.05, 0) is 43.5 Å². The quantitative estimate of drug-likeness (QED) is 0.484. The third-order valence-electron chi connectivity index (χ3n) is 4.99. The Balaban J connectivity index is 1.74. The molecule has 4 amide bonds. The van der Waals surface area contributed by atoms with Crippen molar-refractivity contribution < 1.29 is 37.1 Å². The van der Waals surface area contributed by atoms with E-state index >= 15 is 0 Å². The van der Waals surface area contributed by atoms with Crippen molar-refractivity contribution in [2.24, 2.45) is 5.92 Å². The van der Waals surface area contributed by atoms with Gasteiger partial charge in [-0.1, -0.05) is 13.3 Å². The summed E-state index contributed by atoms with van der Waals surface area (Å²) in [6, 6.07) is 3.30. The molecule has 0 unspecified atom stereocenters. The molecule has 2 rings (SSSR count). The minimum Gasteiger partial charge on any atom is -0.455 e. The number of hydrogen-bond acceptors (Lipinski definition) is 5. The van der Waals surface area contributed by atoms with E-state index in [9.17, 15) is 32.3 Å². The van der Waals surface area contributed by atoms with Gasteiger partial charge in [0.05, 0.1) is 11.5 Å². The van der Waals surface area contributed by atoms with Crippen LogP contribution in [0.5, 0.6) is 0 Å². The van der Waals surface area contributed by atoms with Crippen LogP contribution in [0.4, 0.5) is 18.0 Å². The molecule has 1 aromatic carbocycles. The van der Waals surface area contributed by atoms with Gasteiger partial charge in [0.2, 0.25) is 0 Å². The Labute approximate surface area is 183 Å². The van der Waals surface area contributed by atoms with Crippen LogP contribution >= 0.6 is 0 Å². The van der Waals surface area contributed by atoms with E-state index in [1.807, 2.05) is 6.92 Å². The zero-order valence-corrected chi connectivity index (χ0v) is 17.7. The number of carbonyl (C=O) groups excluding carboxylic acids is 4. The number of carbonyl (C=O) groups is 4. The second-order valence-electron chi connectivity index (χ2n) is 7.41. The first kappa shape index (κ1) is 25.2. The van der Waals surface area contributed by atoms with Gasteiger partial charge in [-0.15, -0.1) is 0 Å². The maximum atomic E-state index is 12.6. The molecule has 1 aliphatic heterocycles. The molecule has 0 aromatic heterocycles. The number of ether oxygens (including phenoxy) is 1. The summed E-state index contributed by atoms with van der Waals surface area (Å²) in [5, 5.41) is 4.56. The number of piperidine rings is 1. The lowest BCUT2D eigenvalue weighted by atomic mass is 9.96. The lowest BCUT2D eigenvalue weighted by Gasteiger charge is -2.31. The van der Waals surface area contributed by atoms with E-state index in [2.05, 4.69) is 10.6 Å². The predicted octanol–water partition coefficient (Wildman–Crippen LogP) is 2.73. The Kier molecular flexibility index (Phi) is 9.03. The van der Waals surface area contributed by atoms with E-state index in [1.165, 1.54) is 4.90 Å². The molecule has 1 saturated heterocycles. The van der Waals surface area contributed by atoms with Crippen molar-refractivity contribution in [1.29, 1.82) is 0 Å². The monoisotopic (exact) mass is 457 g/mol. The van der Waals surface area contributed by atoms with Gasteiger partial charge in [-0.2, -0.15) is 13.2 Å². The van der Waals surface area contributed by atoms with Crippen LogP contribution in [0.1, 0.15) is 48.5 Å². The highest BCUT2D eigenvalue weighted by Crippen LogP contribution is 2.29. The zero-order valence-electron chi connectivity index (χ0n) is 17.7. The van der Waals surface area contributed by atoms with Crippen LogP contribution in [-0.2, 0) is 20.5 Å². The molecule has 8 nitrogen and oxygen atoms in total. The van der Waals surface area contributed by atoms with Crippen LogP contribution in [0.3, 0.4) is 0 Å². The van der Waals surface area contributed by atoms with Crippen molar-refractivity contribution in [3.8, 4) is 0 Å². The molecular formula is C21H26F3N3O5. The van der Waals surface area contributed by atoms with Crippen LogP contribution in [0, 0.1) is 5.92 Å². The fourth-order valence-electron chi connectivity index (χ4n) is 3.14. The number of unbranched alkanes of at least 4 members (excludes halogenated alkanes) is 1. The summed E-state index contributed by atoms with van der Waals surface area (Å²) in [7, 11) is 0. The highest BCUT2D eigenvalue weighted by Gasteiger charge is 2.32. The number of nitrogens with one attached hydrogen (secondary N) is 2. The van der Waals surface area contributed by atoms with Gasteiger partial charge in [0.1, 0.15) is 0 Å². The standard InChI is InChI=1S/C21H26F3N3O5/c1-2-3-10-25-20(31)26-17(28)13-32-19(30)15-8-11-27(12-9-15)18(29)14-4-6-16(7-5-14)21(22,23)24/h4-7,15H,2-3,8-13H2,1H3,(H2,25,26,28,31). The molecule has 2 N–H and O–H groups in total. The minimum absolute atomic E-state index is 0.132. The van der Waals surface area contributed by atoms with Crippen molar-refractivity contribution in [1.82, 2.24) is 15.5 Å². The number of nitrogens with zero attached hydrogens (tertiary/aromatic N) is 1. The molecular weight excluding hydrogens is 431 g/mol. The Bertz CT molecular complexity index is 819. The van der Waals surface area contributed by atoms with Crippen molar-refractivity contribution in [2.45, 2.75) is 38.8 Å². The molecule has 1 heterocycles. The van der Waals surface area contributed by atoms with Crippen molar-refractivity contribution in [3.05, 3.63) is 35.4 Å².